The van der Waals surface area contributed by atoms with Crippen LogP contribution in [0.25, 0.3) is 0 Å². The van der Waals surface area contributed by atoms with Crippen LogP contribution in [0, 0.1) is 0 Å². The first-order valence-electron chi connectivity index (χ1n) is 5.97. The number of rotatable bonds is 4. The van der Waals surface area contributed by atoms with Crippen molar-refractivity contribution in [1.29, 1.82) is 0 Å². The van der Waals surface area contributed by atoms with Gasteiger partial charge in [0.2, 0.25) is 0 Å². The van der Waals surface area contributed by atoms with E-state index >= 15 is 0 Å². The Morgan fingerprint density at radius 1 is 1.16 bits per heavy atom. The monoisotopic (exact) mass is 257 g/mol. The number of nitrogens with zero attached hydrogens (tertiary/aromatic N) is 1. The third-order valence-electron chi connectivity index (χ3n) is 3.07. The van der Waals surface area contributed by atoms with E-state index in [1.54, 1.807) is 44.2 Å². The van der Waals surface area contributed by atoms with E-state index in [9.17, 15) is 9.59 Å². The average Bonchev–Trinajstić information content (AvgIpc) is 2.61. The molecule has 1 aliphatic heterocycles. The minimum Gasteiger partial charge on any atom is -0.487 e. The summed E-state index contributed by atoms with van der Waals surface area (Å²) in [6.45, 7) is 7.21. The second-order valence-corrected chi connectivity index (χ2v) is 4.26. The normalized spacial score (nSPS) is 15.2. The maximum atomic E-state index is 12.1. The lowest BCUT2D eigenvalue weighted by molar-refractivity contribution is -0.120. The molecule has 0 atom stereocenters. The van der Waals surface area contributed by atoms with Crippen molar-refractivity contribution in [3.8, 4) is 5.75 Å². The zero-order valence-corrected chi connectivity index (χ0v) is 11.0. The van der Waals surface area contributed by atoms with Crippen LogP contribution in [0.1, 0.15) is 13.8 Å². The second-order valence-electron chi connectivity index (χ2n) is 4.26. The molecule has 4 heteroatoms. The first-order chi connectivity index (χ1) is 9.07. The summed E-state index contributed by atoms with van der Waals surface area (Å²) in [6, 6.07) is 6.97. The molecule has 1 aliphatic rings. The van der Waals surface area contributed by atoms with E-state index in [0.29, 0.717) is 29.2 Å². The van der Waals surface area contributed by atoms with Crippen molar-refractivity contribution in [3.63, 3.8) is 0 Å². The maximum absolute atomic E-state index is 12.1. The van der Waals surface area contributed by atoms with Crippen LogP contribution in [0.4, 0.5) is 5.69 Å². The van der Waals surface area contributed by atoms with Gasteiger partial charge in [-0.3, -0.25) is 9.59 Å². The molecule has 0 radical (unpaired) electrons. The lowest BCUT2D eigenvalue weighted by Crippen LogP contribution is -2.31. The van der Waals surface area contributed by atoms with Gasteiger partial charge in [0.1, 0.15) is 12.4 Å². The van der Waals surface area contributed by atoms with Gasteiger partial charge >= 0.3 is 0 Å². The number of hydrogen-bond donors (Lipinski definition) is 0. The molecule has 1 aromatic rings. The quantitative estimate of drug-likeness (QED) is 0.615. The molecule has 1 heterocycles. The summed E-state index contributed by atoms with van der Waals surface area (Å²) >= 11 is 0. The fourth-order valence-corrected chi connectivity index (χ4v) is 1.88. The van der Waals surface area contributed by atoms with E-state index in [1.165, 1.54) is 0 Å². The minimum atomic E-state index is -0.294. The largest absolute Gasteiger partial charge is 0.487 e. The SMILES string of the molecule is C=CCOc1ccccc1N1C(=O)C(C)=C(C)C1=O. The second kappa shape index (κ2) is 5.10. The van der Waals surface area contributed by atoms with Crippen LogP contribution in [-0.4, -0.2) is 18.4 Å². The van der Waals surface area contributed by atoms with Gasteiger partial charge in [0.25, 0.3) is 11.8 Å². The van der Waals surface area contributed by atoms with E-state index in [-0.39, 0.29) is 11.8 Å². The Kier molecular flexibility index (Phi) is 3.51. The zero-order valence-electron chi connectivity index (χ0n) is 11.0. The molecule has 0 fully saturated rings. The molecule has 0 aromatic heterocycles. The Morgan fingerprint density at radius 3 is 2.32 bits per heavy atom. The van der Waals surface area contributed by atoms with Crippen molar-refractivity contribution < 1.29 is 14.3 Å². The highest BCUT2D eigenvalue weighted by Gasteiger charge is 2.35. The third-order valence-corrected chi connectivity index (χ3v) is 3.07. The van der Waals surface area contributed by atoms with E-state index in [0.717, 1.165) is 4.90 Å². The first kappa shape index (κ1) is 13.1. The lowest BCUT2D eigenvalue weighted by Gasteiger charge is -2.18. The minimum absolute atomic E-state index is 0.294. The Morgan fingerprint density at radius 2 is 1.74 bits per heavy atom. The number of imide groups is 1. The van der Waals surface area contributed by atoms with Crippen LogP contribution in [0.3, 0.4) is 0 Å². The highest BCUT2D eigenvalue weighted by Crippen LogP contribution is 2.33. The molecule has 19 heavy (non-hydrogen) atoms. The van der Waals surface area contributed by atoms with E-state index in [4.69, 9.17) is 4.74 Å². The summed E-state index contributed by atoms with van der Waals surface area (Å²) in [5.41, 5.74) is 1.42. The summed E-state index contributed by atoms with van der Waals surface area (Å²) < 4.78 is 5.48. The predicted octanol–water partition coefficient (Wildman–Crippen LogP) is 2.46. The number of hydrogen-bond acceptors (Lipinski definition) is 3. The van der Waals surface area contributed by atoms with Gasteiger partial charge in [-0.25, -0.2) is 4.90 Å². The van der Waals surface area contributed by atoms with Crippen LogP contribution in [-0.2, 0) is 9.59 Å². The topological polar surface area (TPSA) is 46.6 Å². The molecule has 0 spiro atoms. The molecule has 2 rings (SSSR count). The molecule has 0 bridgehead atoms. The Hall–Kier alpha value is -2.36. The Balaban J connectivity index is 2.41. The van der Waals surface area contributed by atoms with Crippen LogP contribution < -0.4 is 9.64 Å². The van der Waals surface area contributed by atoms with Crippen molar-refractivity contribution in [2.45, 2.75) is 13.8 Å². The van der Waals surface area contributed by atoms with Crippen LogP contribution >= 0.6 is 0 Å². The van der Waals surface area contributed by atoms with Crippen molar-refractivity contribution in [3.05, 3.63) is 48.1 Å². The molecule has 1 aromatic carbocycles. The molecule has 0 saturated carbocycles. The fraction of sp³-hybridized carbons (Fsp3) is 0.200. The van der Waals surface area contributed by atoms with Crippen LogP contribution in [0.2, 0.25) is 0 Å². The van der Waals surface area contributed by atoms with Crippen molar-refractivity contribution in [1.82, 2.24) is 0 Å². The summed E-state index contributed by atoms with van der Waals surface area (Å²) in [5.74, 6) is -0.0964. The summed E-state index contributed by atoms with van der Waals surface area (Å²) in [4.78, 5) is 25.4. The van der Waals surface area contributed by atoms with Gasteiger partial charge in [-0.2, -0.15) is 0 Å². The number of ether oxygens (including phenoxy) is 1. The average molecular weight is 257 g/mol. The van der Waals surface area contributed by atoms with E-state index < -0.39 is 0 Å². The standard InChI is InChI=1S/C15H15NO3/c1-4-9-19-13-8-6-5-7-12(13)16-14(17)10(2)11(3)15(16)18/h4-8H,1,9H2,2-3H3. The van der Waals surface area contributed by atoms with Gasteiger partial charge in [0.05, 0.1) is 5.69 Å². The van der Waals surface area contributed by atoms with Gasteiger partial charge in [-0.1, -0.05) is 24.8 Å². The van der Waals surface area contributed by atoms with Crippen molar-refractivity contribution >= 4 is 17.5 Å². The number of benzene rings is 1. The predicted molar refractivity (Wildman–Crippen MR) is 73.0 cm³/mol. The number of amides is 2. The van der Waals surface area contributed by atoms with Gasteiger partial charge in [-0.15, -0.1) is 0 Å². The molecule has 4 nitrogen and oxygen atoms in total. The summed E-state index contributed by atoms with van der Waals surface area (Å²) in [5, 5.41) is 0. The summed E-state index contributed by atoms with van der Waals surface area (Å²) in [6.07, 6.45) is 1.61. The Bertz CT molecular complexity index is 563. The molecule has 0 N–H and O–H groups in total. The van der Waals surface area contributed by atoms with Crippen LogP contribution in [0.15, 0.2) is 48.1 Å². The number of carbonyl (C=O) groups is 2. The Labute approximate surface area is 112 Å². The fourth-order valence-electron chi connectivity index (χ4n) is 1.88. The summed E-state index contributed by atoms with van der Waals surface area (Å²) in [7, 11) is 0. The molecular formula is C15H15NO3. The molecule has 0 aliphatic carbocycles. The maximum Gasteiger partial charge on any atom is 0.261 e. The highest BCUT2D eigenvalue weighted by atomic mass is 16.5. The molecule has 2 amide bonds. The van der Waals surface area contributed by atoms with E-state index in [2.05, 4.69) is 6.58 Å². The van der Waals surface area contributed by atoms with E-state index in [1.807, 2.05) is 0 Å². The third kappa shape index (κ3) is 2.17. The lowest BCUT2D eigenvalue weighted by atomic mass is 10.2. The number of carbonyl (C=O) groups excluding carboxylic acids is 2. The highest BCUT2D eigenvalue weighted by molar-refractivity contribution is 6.32. The smallest absolute Gasteiger partial charge is 0.261 e. The van der Waals surface area contributed by atoms with Gasteiger partial charge < -0.3 is 4.74 Å². The van der Waals surface area contributed by atoms with Crippen molar-refractivity contribution in [2.75, 3.05) is 11.5 Å². The zero-order chi connectivity index (χ0) is 14.0. The number of para-hydroxylation sites is 2. The van der Waals surface area contributed by atoms with Gasteiger partial charge in [0, 0.05) is 11.1 Å². The van der Waals surface area contributed by atoms with Crippen molar-refractivity contribution in [2.24, 2.45) is 0 Å². The van der Waals surface area contributed by atoms with Crippen LogP contribution in [0.5, 0.6) is 5.75 Å². The number of anilines is 1. The molecule has 98 valence electrons. The van der Waals surface area contributed by atoms with Gasteiger partial charge in [-0.05, 0) is 26.0 Å². The van der Waals surface area contributed by atoms with Gasteiger partial charge in [0.15, 0.2) is 0 Å². The first-order valence-corrected chi connectivity index (χ1v) is 5.97. The molecule has 0 saturated heterocycles. The molecule has 0 unspecified atom stereocenters. The molecular weight excluding hydrogens is 242 g/mol.